The molecule has 3 N–H and O–H groups in total. The van der Waals surface area contributed by atoms with Crippen molar-refractivity contribution in [1.29, 1.82) is 0 Å². The number of carbonyl (C=O) groups excluding carboxylic acids is 2. The van der Waals surface area contributed by atoms with E-state index in [1.165, 1.54) is 17.8 Å². The summed E-state index contributed by atoms with van der Waals surface area (Å²) in [5, 5.41) is 11.8. The van der Waals surface area contributed by atoms with E-state index in [1.807, 2.05) is 5.38 Å². The summed E-state index contributed by atoms with van der Waals surface area (Å²) in [6, 6.07) is 0.228. The van der Waals surface area contributed by atoms with E-state index in [9.17, 15) is 9.59 Å². The van der Waals surface area contributed by atoms with Gasteiger partial charge in [0.25, 0.3) is 0 Å². The lowest BCUT2D eigenvalue weighted by atomic mass is 9.69. The van der Waals surface area contributed by atoms with Gasteiger partial charge in [-0.25, -0.2) is 4.98 Å². The molecule has 1 saturated heterocycles. The first-order chi connectivity index (χ1) is 12.2. The van der Waals surface area contributed by atoms with E-state index in [0.29, 0.717) is 18.0 Å². The summed E-state index contributed by atoms with van der Waals surface area (Å²) < 4.78 is 0. The van der Waals surface area contributed by atoms with Crippen molar-refractivity contribution in [2.45, 2.75) is 63.8 Å². The van der Waals surface area contributed by atoms with Crippen LogP contribution in [0, 0.1) is 5.41 Å². The molecule has 1 aromatic rings. The molecule has 0 radical (unpaired) electrons. The SMILES string of the molecule is O=C(CC1(CC(=O)N[C@H]2CCCNC2)CCCCC1)Nc1nccs1. The van der Waals surface area contributed by atoms with Gasteiger partial charge in [-0.1, -0.05) is 19.3 Å². The number of rotatable bonds is 6. The molecule has 0 spiro atoms. The molecule has 0 unspecified atom stereocenters. The van der Waals surface area contributed by atoms with Crippen molar-refractivity contribution in [3.63, 3.8) is 0 Å². The Labute approximate surface area is 153 Å². The smallest absolute Gasteiger partial charge is 0.226 e. The van der Waals surface area contributed by atoms with Gasteiger partial charge in [0.1, 0.15) is 0 Å². The fraction of sp³-hybridized carbons (Fsp3) is 0.722. The number of anilines is 1. The molecule has 138 valence electrons. The summed E-state index contributed by atoms with van der Waals surface area (Å²) in [6.07, 6.45) is 9.99. The van der Waals surface area contributed by atoms with Crippen molar-refractivity contribution in [2.24, 2.45) is 5.41 Å². The van der Waals surface area contributed by atoms with Crippen LogP contribution in [-0.4, -0.2) is 35.9 Å². The van der Waals surface area contributed by atoms with Gasteiger partial charge in [-0.05, 0) is 37.6 Å². The topological polar surface area (TPSA) is 83.1 Å². The highest BCUT2D eigenvalue weighted by Crippen LogP contribution is 2.42. The summed E-state index contributed by atoms with van der Waals surface area (Å²) in [5.74, 6) is 0.0710. The molecule has 6 nitrogen and oxygen atoms in total. The third-order valence-corrected chi connectivity index (χ3v) is 6.01. The maximum absolute atomic E-state index is 12.6. The van der Waals surface area contributed by atoms with Crippen molar-refractivity contribution in [2.75, 3.05) is 18.4 Å². The molecule has 0 bridgehead atoms. The van der Waals surface area contributed by atoms with Crippen LogP contribution in [0.15, 0.2) is 11.6 Å². The van der Waals surface area contributed by atoms with E-state index < -0.39 is 0 Å². The molecular formula is C18H28N4O2S. The Morgan fingerprint density at radius 2 is 2.00 bits per heavy atom. The summed E-state index contributed by atoms with van der Waals surface area (Å²) in [5.41, 5.74) is -0.203. The van der Waals surface area contributed by atoms with Crippen molar-refractivity contribution in [1.82, 2.24) is 15.6 Å². The number of hydrogen-bond acceptors (Lipinski definition) is 5. The summed E-state index contributed by atoms with van der Waals surface area (Å²) in [6.45, 7) is 1.89. The van der Waals surface area contributed by atoms with E-state index in [2.05, 4.69) is 20.9 Å². The number of aromatic nitrogens is 1. The van der Waals surface area contributed by atoms with Crippen LogP contribution in [0.5, 0.6) is 0 Å². The minimum Gasteiger partial charge on any atom is -0.352 e. The van der Waals surface area contributed by atoms with E-state index in [4.69, 9.17) is 0 Å². The van der Waals surface area contributed by atoms with Crippen LogP contribution in [0.2, 0.25) is 0 Å². The van der Waals surface area contributed by atoms with Crippen LogP contribution in [0.1, 0.15) is 57.8 Å². The zero-order chi connectivity index (χ0) is 17.5. The van der Waals surface area contributed by atoms with Crippen molar-refractivity contribution in [3.8, 4) is 0 Å². The fourth-order valence-electron chi connectivity index (χ4n) is 4.10. The van der Waals surface area contributed by atoms with Crippen LogP contribution < -0.4 is 16.0 Å². The lowest BCUT2D eigenvalue weighted by Crippen LogP contribution is -2.47. The lowest BCUT2D eigenvalue weighted by Gasteiger charge is -2.37. The molecule has 2 fully saturated rings. The van der Waals surface area contributed by atoms with Gasteiger partial charge in [-0.15, -0.1) is 11.3 Å². The minimum absolute atomic E-state index is 0.0241. The monoisotopic (exact) mass is 364 g/mol. The predicted molar refractivity (Wildman–Crippen MR) is 99.5 cm³/mol. The Morgan fingerprint density at radius 3 is 2.68 bits per heavy atom. The quantitative estimate of drug-likeness (QED) is 0.725. The highest BCUT2D eigenvalue weighted by atomic mass is 32.1. The van der Waals surface area contributed by atoms with Crippen LogP contribution in [0.3, 0.4) is 0 Å². The van der Waals surface area contributed by atoms with E-state index in [0.717, 1.165) is 51.6 Å². The average molecular weight is 365 g/mol. The van der Waals surface area contributed by atoms with Gasteiger partial charge >= 0.3 is 0 Å². The molecule has 25 heavy (non-hydrogen) atoms. The van der Waals surface area contributed by atoms with Gasteiger partial charge in [-0.2, -0.15) is 0 Å². The van der Waals surface area contributed by atoms with E-state index in [-0.39, 0.29) is 23.3 Å². The molecular weight excluding hydrogens is 336 g/mol. The lowest BCUT2D eigenvalue weighted by molar-refractivity contribution is -0.126. The number of thiazole rings is 1. The van der Waals surface area contributed by atoms with Crippen molar-refractivity contribution in [3.05, 3.63) is 11.6 Å². The Hall–Kier alpha value is -1.47. The zero-order valence-electron chi connectivity index (χ0n) is 14.7. The first-order valence-electron chi connectivity index (χ1n) is 9.35. The average Bonchev–Trinajstić information content (AvgIpc) is 3.09. The molecule has 1 aliphatic carbocycles. The first-order valence-corrected chi connectivity index (χ1v) is 10.2. The van der Waals surface area contributed by atoms with Crippen LogP contribution >= 0.6 is 11.3 Å². The Morgan fingerprint density at radius 1 is 1.20 bits per heavy atom. The summed E-state index contributed by atoms with van der Waals surface area (Å²) in [7, 11) is 0. The zero-order valence-corrected chi connectivity index (χ0v) is 15.5. The Kier molecular flexibility index (Phi) is 6.42. The van der Waals surface area contributed by atoms with Crippen molar-refractivity contribution < 1.29 is 9.59 Å². The number of piperidine rings is 1. The third-order valence-electron chi connectivity index (χ3n) is 5.33. The Balaban J connectivity index is 1.57. The number of nitrogens with one attached hydrogen (secondary N) is 3. The summed E-state index contributed by atoms with van der Waals surface area (Å²) >= 11 is 1.42. The standard InChI is InChI=1S/C18H28N4O2S/c23-15(21-14-5-4-8-19-13-14)11-18(6-2-1-3-7-18)12-16(24)22-17-20-9-10-25-17/h9-10,14,19H,1-8,11-13H2,(H,21,23)(H,20,22,24)/t14-/m0/s1. The third kappa shape index (κ3) is 5.51. The maximum atomic E-state index is 12.6. The van der Waals surface area contributed by atoms with Crippen molar-refractivity contribution >= 4 is 28.3 Å². The Bertz CT molecular complexity index is 564. The second kappa shape index (κ2) is 8.76. The van der Waals surface area contributed by atoms with Gasteiger partial charge in [0.05, 0.1) is 0 Å². The highest BCUT2D eigenvalue weighted by Gasteiger charge is 2.37. The first kappa shape index (κ1) is 18.3. The molecule has 1 aliphatic heterocycles. The van der Waals surface area contributed by atoms with Gasteiger partial charge in [0, 0.05) is 37.0 Å². The molecule has 1 aromatic heterocycles. The number of nitrogens with zero attached hydrogens (tertiary/aromatic N) is 1. The number of carbonyl (C=O) groups is 2. The molecule has 0 aromatic carbocycles. The molecule has 3 rings (SSSR count). The van der Waals surface area contributed by atoms with Crippen LogP contribution in [-0.2, 0) is 9.59 Å². The van der Waals surface area contributed by atoms with E-state index in [1.54, 1.807) is 6.20 Å². The second-order valence-corrected chi connectivity index (χ2v) is 8.31. The number of amides is 2. The van der Waals surface area contributed by atoms with Crippen LogP contribution in [0.4, 0.5) is 5.13 Å². The highest BCUT2D eigenvalue weighted by molar-refractivity contribution is 7.13. The van der Waals surface area contributed by atoms with Crippen LogP contribution in [0.25, 0.3) is 0 Å². The molecule has 2 amide bonds. The molecule has 2 heterocycles. The van der Waals surface area contributed by atoms with Gasteiger partial charge in [0.2, 0.25) is 11.8 Å². The van der Waals surface area contributed by atoms with Gasteiger partial charge < -0.3 is 16.0 Å². The second-order valence-electron chi connectivity index (χ2n) is 7.41. The predicted octanol–water partition coefficient (Wildman–Crippen LogP) is 2.68. The molecule has 2 aliphatic rings. The minimum atomic E-state index is -0.203. The van der Waals surface area contributed by atoms with Gasteiger partial charge in [-0.3, -0.25) is 9.59 Å². The normalized spacial score (nSPS) is 23.0. The van der Waals surface area contributed by atoms with E-state index >= 15 is 0 Å². The van der Waals surface area contributed by atoms with Gasteiger partial charge in [0.15, 0.2) is 5.13 Å². The molecule has 7 heteroatoms. The maximum Gasteiger partial charge on any atom is 0.226 e. The summed E-state index contributed by atoms with van der Waals surface area (Å²) in [4.78, 5) is 29.2. The number of hydrogen-bond donors (Lipinski definition) is 3. The fourth-order valence-corrected chi connectivity index (χ4v) is 4.65. The largest absolute Gasteiger partial charge is 0.352 e. The molecule has 1 saturated carbocycles. The molecule has 1 atom stereocenters.